The van der Waals surface area contributed by atoms with Crippen LogP contribution in [-0.4, -0.2) is 52.9 Å². The minimum Gasteiger partial charge on any atom is -0.497 e. The number of rotatable bonds is 7. The molecular weight excluding hydrogens is 342 g/mol. The first-order chi connectivity index (χ1) is 13.1. The third kappa shape index (κ3) is 5.70. The van der Waals surface area contributed by atoms with Crippen LogP contribution >= 0.6 is 0 Å². The highest BCUT2D eigenvalue weighted by atomic mass is 16.5. The lowest BCUT2D eigenvalue weighted by molar-refractivity contribution is -0.885. The molecule has 1 amide bonds. The maximum atomic E-state index is 12.3. The Morgan fingerprint density at radius 1 is 1.19 bits per heavy atom. The molecule has 0 saturated carbocycles. The number of anilines is 2. The number of morpholine rings is 1. The third-order valence-corrected chi connectivity index (χ3v) is 4.63. The van der Waals surface area contributed by atoms with E-state index in [2.05, 4.69) is 10.2 Å². The van der Waals surface area contributed by atoms with Crippen molar-refractivity contribution < 1.29 is 19.2 Å². The summed E-state index contributed by atoms with van der Waals surface area (Å²) in [6.45, 7) is 4.51. The average Bonchev–Trinajstić information content (AvgIpc) is 2.69. The van der Waals surface area contributed by atoms with Gasteiger partial charge in [0.1, 0.15) is 12.3 Å². The molecule has 0 radical (unpaired) electrons. The first-order valence-corrected chi connectivity index (χ1v) is 9.31. The maximum absolute atomic E-state index is 12.3. The van der Waals surface area contributed by atoms with Crippen LogP contribution in [0, 0.1) is 0 Å². The van der Waals surface area contributed by atoms with Gasteiger partial charge in [0.25, 0.3) is 5.91 Å². The van der Waals surface area contributed by atoms with Crippen LogP contribution in [0.3, 0.4) is 0 Å². The van der Waals surface area contributed by atoms with E-state index in [9.17, 15) is 4.79 Å². The van der Waals surface area contributed by atoms with Crippen LogP contribution in [0.25, 0.3) is 0 Å². The van der Waals surface area contributed by atoms with E-state index in [0.29, 0.717) is 6.54 Å². The zero-order valence-corrected chi connectivity index (χ0v) is 16.0. The lowest BCUT2D eigenvalue weighted by Crippen LogP contribution is -3.08. The molecular formula is C21H28N3O3+. The number of hydrogen-bond acceptors (Lipinski definition) is 4. The van der Waals surface area contributed by atoms with Gasteiger partial charge in [-0.2, -0.15) is 0 Å². The smallest absolute Gasteiger partial charge is 0.279 e. The lowest BCUT2D eigenvalue weighted by Gasteiger charge is -2.28. The molecule has 0 aliphatic carbocycles. The second-order valence-electron chi connectivity index (χ2n) is 6.86. The third-order valence-electron chi connectivity index (χ3n) is 4.63. The SMILES string of the molecule is COc1cccc(C[NH+](C)CC(=O)Nc2ccc(N3CCOCC3)cc2)c1. The van der Waals surface area contributed by atoms with E-state index >= 15 is 0 Å². The van der Waals surface area contributed by atoms with E-state index in [-0.39, 0.29) is 5.91 Å². The molecule has 27 heavy (non-hydrogen) atoms. The molecule has 2 N–H and O–H groups in total. The molecule has 0 aromatic heterocycles. The number of nitrogens with one attached hydrogen (secondary N) is 2. The number of likely N-dealkylation sites (N-methyl/N-ethyl adjacent to an activating group) is 1. The summed E-state index contributed by atoms with van der Waals surface area (Å²) in [6, 6.07) is 16.0. The largest absolute Gasteiger partial charge is 0.497 e. The molecule has 1 aliphatic heterocycles. The number of benzene rings is 2. The molecule has 144 valence electrons. The zero-order valence-electron chi connectivity index (χ0n) is 16.0. The van der Waals surface area contributed by atoms with Crippen molar-refractivity contribution in [3.63, 3.8) is 0 Å². The molecule has 0 bridgehead atoms. The van der Waals surface area contributed by atoms with E-state index in [1.165, 1.54) is 0 Å². The van der Waals surface area contributed by atoms with Gasteiger partial charge in [-0.3, -0.25) is 4.79 Å². The van der Waals surface area contributed by atoms with Crippen LogP contribution in [0.15, 0.2) is 48.5 Å². The quantitative estimate of drug-likeness (QED) is 0.769. The highest BCUT2D eigenvalue weighted by Crippen LogP contribution is 2.18. The topological polar surface area (TPSA) is 55.2 Å². The van der Waals surface area contributed by atoms with Crippen molar-refractivity contribution in [3.05, 3.63) is 54.1 Å². The number of hydrogen-bond donors (Lipinski definition) is 2. The standard InChI is InChI=1S/C21H27N3O3/c1-23(15-17-4-3-5-20(14-17)26-2)16-21(25)22-18-6-8-19(9-7-18)24-10-12-27-13-11-24/h3-9,14H,10-13,15-16H2,1-2H3,(H,22,25)/p+1. The van der Waals surface area contributed by atoms with Crippen molar-refractivity contribution in [2.24, 2.45) is 0 Å². The van der Waals surface area contributed by atoms with Crippen molar-refractivity contribution in [2.75, 3.05) is 57.2 Å². The van der Waals surface area contributed by atoms with Gasteiger partial charge in [0.15, 0.2) is 6.54 Å². The second-order valence-corrected chi connectivity index (χ2v) is 6.86. The number of carbonyl (C=O) groups is 1. The van der Waals surface area contributed by atoms with Crippen molar-refractivity contribution >= 4 is 17.3 Å². The van der Waals surface area contributed by atoms with Gasteiger partial charge in [0, 0.05) is 30.0 Å². The normalized spacial score (nSPS) is 15.3. The summed E-state index contributed by atoms with van der Waals surface area (Å²) in [5, 5.41) is 2.98. The fraction of sp³-hybridized carbons (Fsp3) is 0.381. The summed E-state index contributed by atoms with van der Waals surface area (Å²) in [4.78, 5) is 15.7. The summed E-state index contributed by atoms with van der Waals surface area (Å²) in [5.74, 6) is 0.847. The molecule has 1 unspecified atom stereocenters. The van der Waals surface area contributed by atoms with Gasteiger partial charge in [-0.15, -0.1) is 0 Å². The van der Waals surface area contributed by atoms with Gasteiger partial charge >= 0.3 is 0 Å². The number of methoxy groups -OCH3 is 1. The number of quaternary nitrogens is 1. The van der Waals surface area contributed by atoms with Gasteiger partial charge in [0.2, 0.25) is 0 Å². The van der Waals surface area contributed by atoms with Gasteiger partial charge in [-0.05, 0) is 36.4 Å². The van der Waals surface area contributed by atoms with E-state index in [1.54, 1.807) is 7.11 Å². The number of amides is 1. The Labute approximate surface area is 160 Å². The molecule has 6 heteroatoms. The Morgan fingerprint density at radius 2 is 1.93 bits per heavy atom. The fourth-order valence-corrected chi connectivity index (χ4v) is 3.25. The van der Waals surface area contributed by atoms with Crippen molar-refractivity contribution in [3.8, 4) is 5.75 Å². The molecule has 2 aromatic rings. The van der Waals surface area contributed by atoms with E-state index in [1.807, 2.05) is 55.6 Å². The molecule has 3 rings (SSSR count). The Kier molecular flexibility index (Phi) is 6.68. The predicted octanol–water partition coefficient (Wildman–Crippen LogP) is 1.19. The number of nitrogens with zero attached hydrogens (tertiary/aromatic N) is 1. The second kappa shape index (κ2) is 9.39. The average molecular weight is 370 g/mol. The van der Waals surface area contributed by atoms with E-state index in [0.717, 1.165) is 60.4 Å². The Bertz CT molecular complexity index is 743. The highest BCUT2D eigenvalue weighted by molar-refractivity contribution is 5.91. The van der Waals surface area contributed by atoms with E-state index < -0.39 is 0 Å². The van der Waals surface area contributed by atoms with Crippen molar-refractivity contribution in [1.82, 2.24) is 0 Å². The molecule has 1 saturated heterocycles. The van der Waals surface area contributed by atoms with Gasteiger partial charge in [-0.1, -0.05) is 12.1 Å². The van der Waals surface area contributed by atoms with Crippen LogP contribution in [0.1, 0.15) is 5.56 Å². The minimum absolute atomic E-state index is 0.00881. The van der Waals surface area contributed by atoms with Crippen LogP contribution < -0.4 is 19.9 Å². The number of carbonyl (C=O) groups excluding carboxylic acids is 1. The Morgan fingerprint density at radius 3 is 2.63 bits per heavy atom. The lowest BCUT2D eigenvalue weighted by atomic mass is 10.2. The zero-order chi connectivity index (χ0) is 19.1. The van der Waals surface area contributed by atoms with Crippen LogP contribution in [0.2, 0.25) is 0 Å². The Balaban J connectivity index is 1.49. The first-order valence-electron chi connectivity index (χ1n) is 9.31. The van der Waals surface area contributed by atoms with E-state index in [4.69, 9.17) is 9.47 Å². The molecule has 1 fully saturated rings. The predicted molar refractivity (Wildman–Crippen MR) is 107 cm³/mol. The summed E-state index contributed by atoms with van der Waals surface area (Å²) < 4.78 is 10.6. The summed E-state index contributed by atoms with van der Waals surface area (Å²) >= 11 is 0. The molecule has 2 aromatic carbocycles. The van der Waals surface area contributed by atoms with Gasteiger partial charge < -0.3 is 24.6 Å². The Hall–Kier alpha value is -2.57. The molecule has 6 nitrogen and oxygen atoms in total. The van der Waals surface area contributed by atoms with Crippen molar-refractivity contribution in [1.29, 1.82) is 0 Å². The molecule has 1 atom stereocenters. The fourth-order valence-electron chi connectivity index (χ4n) is 3.25. The van der Waals surface area contributed by atoms with Gasteiger partial charge in [0.05, 0.1) is 27.4 Å². The van der Waals surface area contributed by atoms with Crippen LogP contribution in [0.4, 0.5) is 11.4 Å². The van der Waals surface area contributed by atoms with Crippen LogP contribution in [0.5, 0.6) is 5.75 Å². The van der Waals surface area contributed by atoms with Crippen LogP contribution in [-0.2, 0) is 16.1 Å². The molecule has 0 spiro atoms. The van der Waals surface area contributed by atoms with Crippen molar-refractivity contribution in [2.45, 2.75) is 6.54 Å². The summed E-state index contributed by atoms with van der Waals surface area (Å²) in [5.41, 5.74) is 3.14. The first kappa shape index (κ1) is 19.2. The minimum atomic E-state index is 0.00881. The highest BCUT2D eigenvalue weighted by Gasteiger charge is 2.13. The maximum Gasteiger partial charge on any atom is 0.279 e. The monoisotopic (exact) mass is 370 g/mol. The van der Waals surface area contributed by atoms with Gasteiger partial charge in [-0.25, -0.2) is 0 Å². The number of ether oxygens (including phenoxy) is 2. The summed E-state index contributed by atoms with van der Waals surface area (Å²) in [6.07, 6.45) is 0. The molecule has 1 aliphatic rings. The summed E-state index contributed by atoms with van der Waals surface area (Å²) in [7, 11) is 3.67. The molecule has 1 heterocycles.